The minimum Gasteiger partial charge on any atom is -0.496 e. The molecule has 0 atom stereocenters. The first-order chi connectivity index (χ1) is 11.0. The number of methoxy groups -OCH3 is 1. The molecule has 0 spiro atoms. The maximum Gasteiger partial charge on any atom is 0.191 e. The van der Waals surface area contributed by atoms with Crippen molar-refractivity contribution in [1.29, 1.82) is 0 Å². The Morgan fingerprint density at radius 1 is 1.21 bits per heavy atom. The number of ether oxygens (including phenoxy) is 1. The number of halogens is 1. The highest BCUT2D eigenvalue weighted by Gasteiger charge is 2.07. The van der Waals surface area contributed by atoms with Crippen molar-refractivity contribution in [3.05, 3.63) is 29.8 Å². The first kappa shape index (κ1) is 23.0. The SMILES string of the molecule is CCNC(=NCCS(=O)(=O)CC)NCCc1ccccc1OC.I. The lowest BCUT2D eigenvalue weighted by molar-refractivity contribution is 0.409. The van der Waals surface area contributed by atoms with Gasteiger partial charge in [0.25, 0.3) is 0 Å². The van der Waals surface area contributed by atoms with Crippen LogP contribution < -0.4 is 15.4 Å². The van der Waals surface area contributed by atoms with Crippen molar-refractivity contribution in [1.82, 2.24) is 10.6 Å². The molecule has 8 heteroatoms. The van der Waals surface area contributed by atoms with E-state index in [2.05, 4.69) is 15.6 Å². The van der Waals surface area contributed by atoms with Gasteiger partial charge in [0.05, 0.1) is 19.4 Å². The summed E-state index contributed by atoms with van der Waals surface area (Å²) in [5, 5.41) is 6.33. The Morgan fingerprint density at radius 2 is 1.92 bits per heavy atom. The number of hydrogen-bond donors (Lipinski definition) is 2. The number of guanidine groups is 1. The molecule has 0 fully saturated rings. The molecule has 24 heavy (non-hydrogen) atoms. The summed E-state index contributed by atoms with van der Waals surface area (Å²) in [6.07, 6.45) is 0.793. The van der Waals surface area contributed by atoms with Crippen LogP contribution in [0.25, 0.3) is 0 Å². The third-order valence-electron chi connectivity index (χ3n) is 3.34. The van der Waals surface area contributed by atoms with Crippen LogP contribution in [-0.4, -0.2) is 52.6 Å². The number of rotatable bonds is 9. The maximum absolute atomic E-state index is 11.5. The van der Waals surface area contributed by atoms with E-state index in [9.17, 15) is 8.42 Å². The molecule has 0 aliphatic heterocycles. The summed E-state index contributed by atoms with van der Waals surface area (Å²) in [4.78, 5) is 4.30. The van der Waals surface area contributed by atoms with Gasteiger partial charge >= 0.3 is 0 Å². The van der Waals surface area contributed by atoms with Crippen LogP contribution in [0.3, 0.4) is 0 Å². The summed E-state index contributed by atoms with van der Waals surface area (Å²) in [5.41, 5.74) is 1.12. The smallest absolute Gasteiger partial charge is 0.191 e. The summed E-state index contributed by atoms with van der Waals surface area (Å²) < 4.78 is 28.3. The van der Waals surface area contributed by atoms with Crippen LogP contribution in [0, 0.1) is 0 Å². The number of nitrogens with one attached hydrogen (secondary N) is 2. The predicted octanol–water partition coefficient (Wildman–Crippen LogP) is 1.85. The monoisotopic (exact) mass is 469 g/mol. The van der Waals surface area contributed by atoms with Crippen molar-refractivity contribution in [3.63, 3.8) is 0 Å². The molecule has 0 amide bonds. The largest absolute Gasteiger partial charge is 0.496 e. The van der Waals surface area contributed by atoms with Gasteiger partial charge in [-0.05, 0) is 25.0 Å². The van der Waals surface area contributed by atoms with Gasteiger partial charge in [0.2, 0.25) is 0 Å². The Bertz CT molecular complexity index is 606. The van der Waals surface area contributed by atoms with Crippen molar-refractivity contribution in [2.24, 2.45) is 4.99 Å². The highest BCUT2D eigenvalue weighted by molar-refractivity contribution is 14.0. The molecule has 2 N–H and O–H groups in total. The molecule has 0 heterocycles. The van der Waals surface area contributed by atoms with E-state index >= 15 is 0 Å². The molecule has 0 bridgehead atoms. The second-order valence-corrected chi connectivity index (χ2v) is 7.46. The van der Waals surface area contributed by atoms with Gasteiger partial charge in [-0.2, -0.15) is 0 Å². The average Bonchev–Trinajstić information content (AvgIpc) is 2.55. The van der Waals surface area contributed by atoms with Gasteiger partial charge in [-0.1, -0.05) is 25.1 Å². The molecule has 0 aliphatic carbocycles. The second-order valence-electron chi connectivity index (χ2n) is 4.99. The Labute approximate surface area is 162 Å². The average molecular weight is 469 g/mol. The minimum atomic E-state index is -2.98. The van der Waals surface area contributed by atoms with E-state index < -0.39 is 9.84 Å². The van der Waals surface area contributed by atoms with Crippen molar-refractivity contribution in [2.45, 2.75) is 20.3 Å². The molecule has 0 unspecified atom stereocenters. The molecular formula is C16H28IN3O3S. The Kier molecular flexibility index (Phi) is 11.8. The van der Waals surface area contributed by atoms with Crippen molar-refractivity contribution in [2.75, 3.05) is 38.2 Å². The van der Waals surface area contributed by atoms with Gasteiger partial charge in [-0.15, -0.1) is 24.0 Å². The first-order valence-corrected chi connectivity index (χ1v) is 9.69. The quantitative estimate of drug-likeness (QED) is 0.328. The van der Waals surface area contributed by atoms with E-state index in [1.807, 2.05) is 31.2 Å². The van der Waals surface area contributed by atoms with Crippen molar-refractivity contribution in [3.8, 4) is 5.75 Å². The zero-order valence-corrected chi connectivity index (χ0v) is 17.7. The van der Waals surface area contributed by atoms with E-state index in [0.717, 1.165) is 24.3 Å². The van der Waals surface area contributed by atoms with Crippen molar-refractivity contribution < 1.29 is 13.2 Å². The lowest BCUT2D eigenvalue weighted by Gasteiger charge is -2.12. The van der Waals surface area contributed by atoms with Gasteiger partial charge in [0.15, 0.2) is 15.8 Å². The van der Waals surface area contributed by atoms with Crippen LogP contribution in [0.4, 0.5) is 0 Å². The molecule has 0 saturated heterocycles. The highest BCUT2D eigenvalue weighted by atomic mass is 127. The number of para-hydroxylation sites is 1. The van der Waals surface area contributed by atoms with Crippen LogP contribution in [-0.2, 0) is 16.3 Å². The number of aliphatic imine (C=N–C) groups is 1. The Hall–Kier alpha value is -1.03. The van der Waals surface area contributed by atoms with Crippen LogP contribution >= 0.6 is 24.0 Å². The van der Waals surface area contributed by atoms with E-state index in [1.165, 1.54) is 0 Å². The van der Waals surface area contributed by atoms with Crippen LogP contribution in [0.5, 0.6) is 5.75 Å². The minimum absolute atomic E-state index is 0. The zero-order valence-electron chi connectivity index (χ0n) is 14.5. The summed E-state index contributed by atoms with van der Waals surface area (Å²) in [7, 11) is -1.32. The fraction of sp³-hybridized carbons (Fsp3) is 0.562. The third-order valence-corrected chi connectivity index (χ3v) is 5.02. The third kappa shape index (κ3) is 8.72. The van der Waals surface area contributed by atoms with E-state index in [-0.39, 0.29) is 42.0 Å². The lowest BCUT2D eigenvalue weighted by atomic mass is 10.1. The second kappa shape index (κ2) is 12.3. The first-order valence-electron chi connectivity index (χ1n) is 7.87. The molecule has 6 nitrogen and oxygen atoms in total. The molecule has 0 aliphatic rings. The van der Waals surface area contributed by atoms with Crippen molar-refractivity contribution >= 4 is 39.8 Å². The molecule has 0 radical (unpaired) electrons. The molecule has 0 saturated carbocycles. The molecule has 138 valence electrons. The fourth-order valence-electron chi connectivity index (χ4n) is 2.01. The molecule has 1 rings (SSSR count). The topological polar surface area (TPSA) is 79.8 Å². The Morgan fingerprint density at radius 3 is 2.54 bits per heavy atom. The van der Waals surface area contributed by atoms with Crippen LogP contribution in [0.2, 0.25) is 0 Å². The number of benzene rings is 1. The summed E-state index contributed by atoms with van der Waals surface area (Å²) in [6, 6.07) is 7.88. The summed E-state index contributed by atoms with van der Waals surface area (Å²) >= 11 is 0. The van der Waals surface area contributed by atoms with Gasteiger partial charge in [-0.25, -0.2) is 8.42 Å². The zero-order chi connectivity index (χ0) is 17.1. The van der Waals surface area contributed by atoms with E-state index in [0.29, 0.717) is 12.5 Å². The van der Waals surface area contributed by atoms with E-state index in [1.54, 1.807) is 14.0 Å². The van der Waals surface area contributed by atoms with Crippen LogP contribution in [0.15, 0.2) is 29.3 Å². The molecule has 0 aromatic heterocycles. The number of hydrogen-bond acceptors (Lipinski definition) is 4. The van der Waals surface area contributed by atoms with Gasteiger partial charge in [0.1, 0.15) is 5.75 Å². The molecule has 1 aromatic carbocycles. The normalized spacial score (nSPS) is 11.5. The van der Waals surface area contributed by atoms with Gasteiger partial charge in [0, 0.05) is 18.8 Å². The van der Waals surface area contributed by atoms with E-state index in [4.69, 9.17) is 4.74 Å². The number of sulfone groups is 1. The van der Waals surface area contributed by atoms with Gasteiger partial charge in [-0.3, -0.25) is 4.99 Å². The highest BCUT2D eigenvalue weighted by Crippen LogP contribution is 2.17. The fourth-order valence-corrected chi connectivity index (χ4v) is 2.67. The maximum atomic E-state index is 11.5. The Balaban J connectivity index is 0.00000529. The van der Waals surface area contributed by atoms with Gasteiger partial charge < -0.3 is 15.4 Å². The molecular weight excluding hydrogens is 441 g/mol. The number of nitrogens with zero attached hydrogens (tertiary/aromatic N) is 1. The summed E-state index contributed by atoms with van der Waals surface area (Å²) in [6.45, 7) is 5.30. The van der Waals surface area contributed by atoms with Crippen LogP contribution in [0.1, 0.15) is 19.4 Å². The predicted molar refractivity (Wildman–Crippen MR) is 110 cm³/mol. The molecule has 1 aromatic rings. The lowest BCUT2D eigenvalue weighted by Crippen LogP contribution is -2.38. The summed E-state index contributed by atoms with van der Waals surface area (Å²) in [5.74, 6) is 1.73. The standard InChI is InChI=1S/C16H27N3O3S.HI/c1-4-17-16(19-12-13-23(20,21)5-2)18-11-10-14-8-6-7-9-15(14)22-3;/h6-9H,4-5,10-13H2,1-3H3,(H2,17,18,19);1H.